The SMILES string of the molecule is C=C(c1cnc(N(C)C)nc1-c1ccccc1)N(C)CC(O)c1cccc(NC=O)c1. The monoisotopic (exact) mass is 417 g/mol. The predicted molar refractivity (Wildman–Crippen MR) is 125 cm³/mol. The predicted octanol–water partition coefficient (Wildman–Crippen LogP) is 3.41. The van der Waals surface area contributed by atoms with Gasteiger partial charge in [0.1, 0.15) is 0 Å². The highest BCUT2D eigenvalue weighted by Crippen LogP contribution is 2.30. The van der Waals surface area contributed by atoms with E-state index in [4.69, 9.17) is 4.98 Å². The number of likely N-dealkylation sites (N-methyl/N-ethyl adjacent to an activating group) is 1. The Kier molecular flexibility index (Phi) is 6.99. The van der Waals surface area contributed by atoms with E-state index in [0.29, 0.717) is 35.9 Å². The van der Waals surface area contributed by atoms with Crippen molar-refractivity contribution >= 4 is 23.7 Å². The number of carbonyl (C=O) groups excluding carboxylic acids is 1. The normalized spacial score (nSPS) is 11.5. The number of aromatic nitrogens is 2. The van der Waals surface area contributed by atoms with Crippen LogP contribution in [0.2, 0.25) is 0 Å². The molecular weight excluding hydrogens is 390 g/mol. The van der Waals surface area contributed by atoms with E-state index in [0.717, 1.165) is 16.8 Å². The van der Waals surface area contributed by atoms with Crippen LogP contribution in [0.3, 0.4) is 0 Å². The Morgan fingerprint density at radius 2 is 1.90 bits per heavy atom. The molecule has 0 fully saturated rings. The number of carbonyl (C=O) groups is 1. The van der Waals surface area contributed by atoms with E-state index in [2.05, 4.69) is 16.9 Å². The molecule has 3 aromatic rings. The average Bonchev–Trinajstić information content (AvgIpc) is 2.79. The quantitative estimate of drug-likeness (QED) is 0.519. The molecule has 0 aliphatic carbocycles. The molecule has 2 N–H and O–H groups in total. The third kappa shape index (κ3) is 5.26. The molecule has 1 atom stereocenters. The van der Waals surface area contributed by atoms with Crippen molar-refractivity contribution in [1.29, 1.82) is 0 Å². The van der Waals surface area contributed by atoms with Gasteiger partial charge in [0.05, 0.1) is 11.8 Å². The lowest BCUT2D eigenvalue weighted by Gasteiger charge is -2.26. The molecular formula is C24H27N5O2. The summed E-state index contributed by atoms with van der Waals surface area (Å²) in [5.74, 6) is 0.609. The van der Waals surface area contributed by atoms with E-state index in [1.807, 2.05) is 67.3 Å². The first-order valence-corrected chi connectivity index (χ1v) is 9.89. The van der Waals surface area contributed by atoms with Crippen LogP contribution in [0.15, 0.2) is 67.4 Å². The van der Waals surface area contributed by atoms with Gasteiger partial charge in [-0.05, 0) is 17.7 Å². The lowest BCUT2D eigenvalue weighted by molar-refractivity contribution is -0.105. The summed E-state index contributed by atoms with van der Waals surface area (Å²) in [7, 11) is 5.66. The van der Waals surface area contributed by atoms with Crippen molar-refractivity contribution in [3.8, 4) is 11.3 Å². The van der Waals surface area contributed by atoms with Crippen LogP contribution in [0, 0.1) is 0 Å². The lowest BCUT2D eigenvalue weighted by atomic mass is 10.0. The number of hydrogen-bond donors (Lipinski definition) is 2. The van der Waals surface area contributed by atoms with Crippen molar-refractivity contribution in [2.75, 3.05) is 37.9 Å². The maximum absolute atomic E-state index is 10.7. The molecule has 0 saturated heterocycles. The first-order chi connectivity index (χ1) is 14.9. The van der Waals surface area contributed by atoms with Gasteiger partial charge >= 0.3 is 0 Å². The van der Waals surface area contributed by atoms with E-state index < -0.39 is 6.10 Å². The van der Waals surface area contributed by atoms with Crippen LogP contribution in [0.4, 0.5) is 11.6 Å². The third-order valence-electron chi connectivity index (χ3n) is 4.94. The van der Waals surface area contributed by atoms with Crippen LogP contribution in [-0.2, 0) is 4.79 Å². The van der Waals surface area contributed by atoms with Gasteiger partial charge in [-0.15, -0.1) is 0 Å². The van der Waals surface area contributed by atoms with E-state index >= 15 is 0 Å². The van der Waals surface area contributed by atoms with E-state index in [1.54, 1.807) is 24.4 Å². The van der Waals surface area contributed by atoms with Gasteiger partial charge in [-0.1, -0.05) is 49.0 Å². The first kappa shape index (κ1) is 22.0. The number of nitrogens with zero attached hydrogens (tertiary/aromatic N) is 4. The van der Waals surface area contributed by atoms with Crippen molar-refractivity contribution in [2.45, 2.75) is 6.10 Å². The van der Waals surface area contributed by atoms with Crippen LogP contribution >= 0.6 is 0 Å². The molecule has 2 aromatic carbocycles. The summed E-state index contributed by atoms with van der Waals surface area (Å²) in [6.45, 7) is 4.55. The number of nitrogens with one attached hydrogen (secondary N) is 1. The summed E-state index contributed by atoms with van der Waals surface area (Å²) in [6, 6.07) is 17.0. The minimum absolute atomic E-state index is 0.313. The van der Waals surface area contributed by atoms with Crippen LogP contribution in [0.1, 0.15) is 17.2 Å². The van der Waals surface area contributed by atoms with Gasteiger partial charge in [0.25, 0.3) is 0 Å². The molecule has 0 bridgehead atoms. The van der Waals surface area contributed by atoms with Gasteiger partial charge in [-0.25, -0.2) is 9.97 Å². The number of aliphatic hydroxyl groups excluding tert-OH is 1. The molecule has 7 nitrogen and oxygen atoms in total. The Morgan fingerprint density at radius 1 is 1.16 bits per heavy atom. The van der Waals surface area contributed by atoms with Crippen molar-refractivity contribution in [3.05, 3.63) is 78.5 Å². The molecule has 7 heteroatoms. The second kappa shape index (κ2) is 9.86. The van der Waals surface area contributed by atoms with Gasteiger partial charge in [0.2, 0.25) is 12.4 Å². The van der Waals surface area contributed by atoms with Crippen LogP contribution in [0.25, 0.3) is 17.0 Å². The highest BCUT2D eigenvalue weighted by molar-refractivity contribution is 5.77. The average molecular weight is 418 g/mol. The topological polar surface area (TPSA) is 81.6 Å². The molecule has 0 aliphatic heterocycles. The number of anilines is 2. The molecule has 3 rings (SSSR count). The van der Waals surface area contributed by atoms with Gasteiger partial charge in [0, 0.05) is 56.4 Å². The maximum Gasteiger partial charge on any atom is 0.225 e. The minimum Gasteiger partial charge on any atom is -0.387 e. The fourth-order valence-electron chi connectivity index (χ4n) is 3.20. The van der Waals surface area contributed by atoms with E-state index in [-0.39, 0.29) is 0 Å². The Bertz CT molecular complexity index is 1050. The third-order valence-corrected chi connectivity index (χ3v) is 4.94. The Labute approximate surface area is 182 Å². The first-order valence-electron chi connectivity index (χ1n) is 9.89. The second-order valence-electron chi connectivity index (χ2n) is 7.42. The summed E-state index contributed by atoms with van der Waals surface area (Å²) in [4.78, 5) is 23.6. The second-order valence-corrected chi connectivity index (χ2v) is 7.42. The molecule has 160 valence electrons. The van der Waals surface area contributed by atoms with Gasteiger partial charge in [-0.2, -0.15) is 0 Å². The van der Waals surface area contributed by atoms with E-state index in [9.17, 15) is 9.90 Å². The van der Waals surface area contributed by atoms with Crippen LogP contribution in [-0.4, -0.2) is 54.1 Å². The molecule has 1 heterocycles. The van der Waals surface area contributed by atoms with Crippen LogP contribution in [0.5, 0.6) is 0 Å². The van der Waals surface area contributed by atoms with Crippen molar-refractivity contribution in [1.82, 2.24) is 14.9 Å². The zero-order chi connectivity index (χ0) is 22.4. The molecule has 1 aromatic heterocycles. The fourth-order valence-corrected chi connectivity index (χ4v) is 3.20. The zero-order valence-electron chi connectivity index (χ0n) is 18.0. The maximum atomic E-state index is 10.7. The summed E-state index contributed by atoms with van der Waals surface area (Å²) in [5, 5.41) is 13.3. The number of benzene rings is 2. The largest absolute Gasteiger partial charge is 0.387 e. The van der Waals surface area contributed by atoms with Crippen LogP contribution < -0.4 is 10.2 Å². The summed E-state index contributed by atoms with van der Waals surface area (Å²) >= 11 is 0. The molecule has 1 amide bonds. The molecule has 31 heavy (non-hydrogen) atoms. The Hall–Kier alpha value is -3.71. The molecule has 0 saturated carbocycles. The zero-order valence-corrected chi connectivity index (χ0v) is 18.0. The summed E-state index contributed by atoms with van der Waals surface area (Å²) in [5.41, 5.74) is 4.57. The molecule has 0 radical (unpaired) electrons. The van der Waals surface area contributed by atoms with Crippen molar-refractivity contribution in [2.24, 2.45) is 0 Å². The molecule has 0 aliphatic rings. The minimum atomic E-state index is -0.766. The number of aliphatic hydroxyl groups is 1. The van der Waals surface area contributed by atoms with Gasteiger partial charge in [0.15, 0.2) is 0 Å². The number of amides is 1. The van der Waals surface area contributed by atoms with E-state index in [1.165, 1.54) is 0 Å². The Balaban J connectivity index is 1.86. The smallest absolute Gasteiger partial charge is 0.225 e. The molecule has 1 unspecified atom stereocenters. The van der Waals surface area contributed by atoms with Crippen molar-refractivity contribution in [3.63, 3.8) is 0 Å². The highest BCUT2D eigenvalue weighted by Gasteiger charge is 2.18. The number of rotatable bonds is 9. The number of hydrogen-bond acceptors (Lipinski definition) is 6. The Morgan fingerprint density at radius 3 is 2.58 bits per heavy atom. The lowest BCUT2D eigenvalue weighted by Crippen LogP contribution is -2.24. The summed E-state index contributed by atoms with van der Waals surface area (Å²) in [6.07, 6.45) is 1.62. The fraction of sp³-hybridized carbons (Fsp3) is 0.208. The van der Waals surface area contributed by atoms with Crippen molar-refractivity contribution < 1.29 is 9.90 Å². The standard InChI is InChI=1S/C24H27N5O2/c1-17(29(4)15-22(31)19-11-8-12-20(13-19)26-16-30)21-14-25-24(28(2)3)27-23(21)18-9-6-5-7-10-18/h5-14,16,22,31H,1,15H2,2-4H3,(H,26,30). The summed E-state index contributed by atoms with van der Waals surface area (Å²) < 4.78 is 0. The molecule has 0 spiro atoms. The van der Waals surface area contributed by atoms with Gasteiger partial charge in [-0.3, -0.25) is 4.79 Å². The highest BCUT2D eigenvalue weighted by atomic mass is 16.3. The van der Waals surface area contributed by atoms with Gasteiger partial charge < -0.3 is 20.2 Å².